The Morgan fingerprint density at radius 2 is 2.40 bits per heavy atom. The SMILES string of the molecule is CCC(=O)OC1=C(C)OCC(O)C1C=O. The minimum atomic E-state index is -0.953. The van der Waals surface area contributed by atoms with E-state index in [2.05, 4.69) is 0 Å². The van der Waals surface area contributed by atoms with Gasteiger partial charge in [-0.1, -0.05) is 6.92 Å². The van der Waals surface area contributed by atoms with Gasteiger partial charge in [0.25, 0.3) is 0 Å². The summed E-state index contributed by atoms with van der Waals surface area (Å²) in [5.74, 6) is -0.766. The molecule has 84 valence electrons. The van der Waals surface area contributed by atoms with Gasteiger partial charge >= 0.3 is 5.97 Å². The van der Waals surface area contributed by atoms with Crippen molar-refractivity contribution in [3.05, 3.63) is 11.5 Å². The molecule has 5 heteroatoms. The van der Waals surface area contributed by atoms with Gasteiger partial charge in [-0.15, -0.1) is 0 Å². The molecule has 0 amide bonds. The van der Waals surface area contributed by atoms with E-state index in [0.717, 1.165) is 0 Å². The topological polar surface area (TPSA) is 72.8 Å². The van der Waals surface area contributed by atoms with E-state index in [1.165, 1.54) is 0 Å². The van der Waals surface area contributed by atoms with Crippen molar-refractivity contribution >= 4 is 12.3 Å². The third kappa shape index (κ3) is 2.56. The Morgan fingerprint density at radius 3 is 2.93 bits per heavy atom. The number of aliphatic hydroxyl groups is 1. The molecule has 2 unspecified atom stereocenters. The molecule has 0 fully saturated rings. The minimum Gasteiger partial charge on any atom is -0.492 e. The lowest BCUT2D eigenvalue weighted by atomic mass is 9.99. The van der Waals surface area contributed by atoms with Crippen molar-refractivity contribution in [2.75, 3.05) is 6.61 Å². The Labute approximate surface area is 87.7 Å². The Bertz CT molecular complexity index is 294. The average Bonchev–Trinajstić information content (AvgIpc) is 2.23. The van der Waals surface area contributed by atoms with Gasteiger partial charge in [0.05, 0.1) is 0 Å². The van der Waals surface area contributed by atoms with Crippen LogP contribution < -0.4 is 0 Å². The first-order chi connectivity index (χ1) is 7.10. The Hall–Kier alpha value is -1.36. The zero-order valence-corrected chi connectivity index (χ0v) is 8.73. The van der Waals surface area contributed by atoms with E-state index < -0.39 is 18.0 Å². The molecule has 0 bridgehead atoms. The molecule has 0 saturated carbocycles. The third-order valence-electron chi connectivity index (χ3n) is 2.19. The summed E-state index contributed by atoms with van der Waals surface area (Å²) in [5, 5.41) is 9.46. The van der Waals surface area contributed by atoms with Crippen molar-refractivity contribution in [2.24, 2.45) is 5.92 Å². The molecule has 0 aromatic rings. The minimum absolute atomic E-state index is 0.0441. The number of hydrogen-bond donors (Lipinski definition) is 1. The summed E-state index contributed by atoms with van der Waals surface area (Å²) in [5.41, 5.74) is 0. The van der Waals surface area contributed by atoms with Gasteiger partial charge in [0.15, 0.2) is 5.76 Å². The van der Waals surface area contributed by atoms with Crippen molar-refractivity contribution in [1.29, 1.82) is 0 Å². The fourth-order valence-corrected chi connectivity index (χ4v) is 1.28. The van der Waals surface area contributed by atoms with Crippen LogP contribution in [0.15, 0.2) is 11.5 Å². The highest BCUT2D eigenvalue weighted by Crippen LogP contribution is 2.25. The molecule has 0 saturated heterocycles. The van der Waals surface area contributed by atoms with Crippen LogP contribution in [0.1, 0.15) is 20.3 Å². The maximum Gasteiger partial charge on any atom is 0.310 e. The number of aliphatic hydroxyl groups excluding tert-OH is 1. The maximum absolute atomic E-state index is 11.1. The zero-order chi connectivity index (χ0) is 11.4. The summed E-state index contributed by atoms with van der Waals surface area (Å²) in [6.07, 6.45) is -0.182. The lowest BCUT2D eigenvalue weighted by molar-refractivity contribution is -0.143. The molecule has 0 aliphatic carbocycles. The second kappa shape index (κ2) is 4.93. The van der Waals surface area contributed by atoms with E-state index in [1.54, 1.807) is 13.8 Å². The zero-order valence-electron chi connectivity index (χ0n) is 8.73. The Morgan fingerprint density at radius 1 is 1.73 bits per heavy atom. The first-order valence-corrected chi connectivity index (χ1v) is 4.77. The molecule has 1 aliphatic rings. The van der Waals surface area contributed by atoms with Crippen molar-refractivity contribution in [2.45, 2.75) is 26.4 Å². The smallest absolute Gasteiger partial charge is 0.310 e. The van der Waals surface area contributed by atoms with E-state index in [9.17, 15) is 14.7 Å². The molecule has 5 nitrogen and oxygen atoms in total. The second-order valence-corrected chi connectivity index (χ2v) is 3.29. The van der Waals surface area contributed by atoms with Gasteiger partial charge < -0.3 is 19.4 Å². The first-order valence-electron chi connectivity index (χ1n) is 4.77. The van der Waals surface area contributed by atoms with E-state index in [-0.39, 0.29) is 18.8 Å². The van der Waals surface area contributed by atoms with Crippen LogP contribution in [0.25, 0.3) is 0 Å². The molecule has 1 rings (SSSR count). The predicted molar refractivity (Wildman–Crippen MR) is 50.6 cm³/mol. The van der Waals surface area contributed by atoms with Gasteiger partial charge in [-0.05, 0) is 6.92 Å². The Kier molecular flexibility index (Phi) is 3.85. The number of carbonyl (C=O) groups excluding carboxylic acids is 2. The normalized spacial score (nSPS) is 25.8. The standard InChI is InChI=1S/C10H14O5/c1-3-9(13)15-10-6(2)14-5-8(12)7(10)4-11/h4,7-8,12H,3,5H2,1-2H3. The lowest BCUT2D eigenvalue weighted by Gasteiger charge is -2.27. The lowest BCUT2D eigenvalue weighted by Crippen LogP contribution is -2.34. The van der Waals surface area contributed by atoms with Crippen LogP contribution >= 0.6 is 0 Å². The van der Waals surface area contributed by atoms with Crippen molar-refractivity contribution in [3.63, 3.8) is 0 Å². The summed E-state index contributed by atoms with van der Waals surface area (Å²) in [4.78, 5) is 21.8. The Balaban J connectivity index is 2.88. The number of hydrogen-bond acceptors (Lipinski definition) is 5. The molecule has 15 heavy (non-hydrogen) atoms. The van der Waals surface area contributed by atoms with Gasteiger partial charge in [0.1, 0.15) is 30.7 Å². The van der Waals surface area contributed by atoms with Crippen LogP contribution in [0, 0.1) is 5.92 Å². The van der Waals surface area contributed by atoms with Gasteiger partial charge in [-0.2, -0.15) is 0 Å². The number of carbonyl (C=O) groups is 2. The fraction of sp³-hybridized carbons (Fsp3) is 0.600. The van der Waals surface area contributed by atoms with Crippen LogP contribution in [0.2, 0.25) is 0 Å². The molecule has 0 radical (unpaired) electrons. The average molecular weight is 214 g/mol. The molecule has 1 heterocycles. The van der Waals surface area contributed by atoms with E-state index in [4.69, 9.17) is 9.47 Å². The van der Waals surface area contributed by atoms with Gasteiger partial charge in [-0.3, -0.25) is 4.79 Å². The molecule has 2 atom stereocenters. The molecule has 1 aliphatic heterocycles. The van der Waals surface area contributed by atoms with Gasteiger partial charge in [0, 0.05) is 6.42 Å². The van der Waals surface area contributed by atoms with E-state index >= 15 is 0 Å². The maximum atomic E-state index is 11.1. The van der Waals surface area contributed by atoms with Crippen LogP contribution in [0.4, 0.5) is 0 Å². The summed E-state index contributed by atoms with van der Waals surface area (Å²) in [7, 11) is 0. The second-order valence-electron chi connectivity index (χ2n) is 3.29. The largest absolute Gasteiger partial charge is 0.492 e. The van der Waals surface area contributed by atoms with Gasteiger partial charge in [0.2, 0.25) is 0 Å². The number of esters is 1. The molecule has 0 spiro atoms. The fourth-order valence-electron chi connectivity index (χ4n) is 1.28. The highest BCUT2D eigenvalue weighted by Gasteiger charge is 2.32. The highest BCUT2D eigenvalue weighted by molar-refractivity contribution is 5.71. The van der Waals surface area contributed by atoms with Crippen molar-refractivity contribution in [1.82, 2.24) is 0 Å². The van der Waals surface area contributed by atoms with Crippen molar-refractivity contribution < 1.29 is 24.2 Å². The summed E-state index contributed by atoms with van der Waals surface area (Å²) in [6, 6.07) is 0. The number of allylic oxidation sites excluding steroid dienone is 1. The van der Waals surface area contributed by atoms with Crippen molar-refractivity contribution in [3.8, 4) is 0 Å². The van der Waals surface area contributed by atoms with Crippen LogP contribution in [0.3, 0.4) is 0 Å². The number of aldehydes is 1. The number of ether oxygens (including phenoxy) is 2. The third-order valence-corrected chi connectivity index (χ3v) is 2.19. The number of rotatable bonds is 3. The van der Waals surface area contributed by atoms with Crippen LogP contribution in [0.5, 0.6) is 0 Å². The summed E-state index contributed by atoms with van der Waals surface area (Å²) >= 11 is 0. The molecule has 0 aromatic carbocycles. The first kappa shape index (κ1) is 11.7. The van der Waals surface area contributed by atoms with Gasteiger partial charge in [-0.25, -0.2) is 0 Å². The quantitative estimate of drug-likeness (QED) is 0.543. The highest BCUT2D eigenvalue weighted by atomic mass is 16.6. The van der Waals surface area contributed by atoms with E-state index in [0.29, 0.717) is 12.0 Å². The monoisotopic (exact) mass is 214 g/mol. The van der Waals surface area contributed by atoms with Crippen LogP contribution in [-0.2, 0) is 19.1 Å². The summed E-state index contributed by atoms with van der Waals surface area (Å²) in [6.45, 7) is 3.29. The molecular weight excluding hydrogens is 200 g/mol. The predicted octanol–water partition coefficient (Wildman–Crippen LogP) is 0.377. The molecule has 0 aromatic heterocycles. The molecule has 1 N–H and O–H groups in total. The summed E-state index contributed by atoms with van der Waals surface area (Å²) < 4.78 is 10.0. The van der Waals surface area contributed by atoms with Crippen LogP contribution in [-0.4, -0.2) is 30.1 Å². The van der Waals surface area contributed by atoms with E-state index in [1.807, 2.05) is 0 Å². The molecular formula is C10H14O5.